The molecule has 0 bridgehead atoms. The molecule has 0 aliphatic rings. The summed E-state index contributed by atoms with van der Waals surface area (Å²) in [5.41, 5.74) is 0.0785. The van der Waals surface area contributed by atoms with Crippen molar-refractivity contribution < 1.29 is 13.2 Å². The van der Waals surface area contributed by atoms with E-state index in [9.17, 15) is 13.2 Å². The highest BCUT2D eigenvalue weighted by molar-refractivity contribution is 5.60. The van der Waals surface area contributed by atoms with Crippen molar-refractivity contribution >= 4 is 5.83 Å². The summed E-state index contributed by atoms with van der Waals surface area (Å²) < 4.78 is 36.0. The molecule has 0 N–H and O–H groups in total. The van der Waals surface area contributed by atoms with Gasteiger partial charge in [-0.15, -0.1) is 0 Å². The highest BCUT2D eigenvalue weighted by atomic mass is 19.3. The van der Waals surface area contributed by atoms with Crippen molar-refractivity contribution in [3.05, 3.63) is 41.5 Å². The van der Waals surface area contributed by atoms with Gasteiger partial charge in [-0.3, -0.25) is 0 Å². The zero-order valence-corrected chi connectivity index (χ0v) is 6.39. The van der Waals surface area contributed by atoms with Crippen LogP contribution >= 0.6 is 0 Å². The van der Waals surface area contributed by atoms with Gasteiger partial charge in [-0.25, -0.2) is 4.39 Å². The van der Waals surface area contributed by atoms with Crippen LogP contribution in [0.3, 0.4) is 0 Å². The third-order valence-corrected chi connectivity index (χ3v) is 1.43. The lowest BCUT2D eigenvalue weighted by atomic mass is 10.1. The molecule has 13 heavy (non-hydrogen) atoms. The number of halogens is 3. The first-order valence-electron chi connectivity index (χ1n) is 3.36. The molecule has 0 fully saturated rings. The average molecular weight is 183 g/mol. The minimum absolute atomic E-state index is 0.223. The standard InChI is InChI=1S/C9H4F3N/c10-8(9(11)12)7-3-1-6(5-13)2-4-7/h1-4H. The molecule has 1 aromatic carbocycles. The van der Waals surface area contributed by atoms with Crippen LogP contribution in [0.4, 0.5) is 13.2 Å². The maximum atomic E-state index is 12.5. The van der Waals surface area contributed by atoms with Crippen LogP contribution in [0.25, 0.3) is 5.83 Å². The Morgan fingerprint density at radius 1 is 1.08 bits per heavy atom. The van der Waals surface area contributed by atoms with Crippen molar-refractivity contribution in [3.8, 4) is 6.07 Å². The lowest BCUT2D eigenvalue weighted by Crippen LogP contribution is -1.80. The maximum Gasteiger partial charge on any atom is 0.306 e. The van der Waals surface area contributed by atoms with Gasteiger partial charge in [-0.1, -0.05) is 12.1 Å². The van der Waals surface area contributed by atoms with Gasteiger partial charge < -0.3 is 0 Å². The SMILES string of the molecule is N#Cc1ccc(C(F)=C(F)F)cc1. The van der Waals surface area contributed by atoms with Crippen LogP contribution in [0.15, 0.2) is 30.3 Å². The predicted molar refractivity (Wildman–Crippen MR) is 41.4 cm³/mol. The summed E-state index contributed by atoms with van der Waals surface area (Å²) in [6, 6.07) is 6.61. The zero-order chi connectivity index (χ0) is 9.84. The van der Waals surface area contributed by atoms with E-state index in [0.29, 0.717) is 5.56 Å². The molecule has 0 aliphatic carbocycles. The van der Waals surface area contributed by atoms with Gasteiger partial charge in [0.1, 0.15) is 0 Å². The molecule has 0 atom stereocenters. The molecule has 0 aliphatic heterocycles. The smallest absolute Gasteiger partial charge is 0.200 e. The first-order valence-corrected chi connectivity index (χ1v) is 3.36. The quantitative estimate of drug-likeness (QED) is 0.656. The lowest BCUT2D eigenvalue weighted by Gasteiger charge is -1.95. The molecular formula is C9H4F3N. The van der Waals surface area contributed by atoms with Crippen LogP contribution in [-0.4, -0.2) is 0 Å². The normalized spacial score (nSPS) is 9.08. The maximum absolute atomic E-state index is 12.5. The van der Waals surface area contributed by atoms with E-state index >= 15 is 0 Å². The van der Waals surface area contributed by atoms with Crippen LogP contribution in [0.2, 0.25) is 0 Å². The number of hydrogen-bond acceptors (Lipinski definition) is 1. The molecule has 0 aromatic heterocycles. The summed E-state index contributed by atoms with van der Waals surface area (Å²) >= 11 is 0. The van der Waals surface area contributed by atoms with Crippen molar-refractivity contribution in [1.29, 1.82) is 5.26 Å². The Morgan fingerprint density at radius 2 is 1.62 bits per heavy atom. The van der Waals surface area contributed by atoms with E-state index in [-0.39, 0.29) is 5.56 Å². The Bertz CT molecular complexity index is 369. The van der Waals surface area contributed by atoms with Crippen molar-refractivity contribution in [3.63, 3.8) is 0 Å². The van der Waals surface area contributed by atoms with Gasteiger partial charge >= 0.3 is 6.08 Å². The van der Waals surface area contributed by atoms with E-state index in [4.69, 9.17) is 5.26 Å². The molecule has 0 saturated heterocycles. The van der Waals surface area contributed by atoms with E-state index in [2.05, 4.69) is 0 Å². The van der Waals surface area contributed by atoms with Crippen LogP contribution in [-0.2, 0) is 0 Å². The highest BCUT2D eigenvalue weighted by Crippen LogP contribution is 2.21. The average Bonchev–Trinajstić information content (AvgIpc) is 2.17. The number of benzene rings is 1. The number of nitrogens with zero attached hydrogens (tertiary/aromatic N) is 1. The molecule has 0 spiro atoms. The first-order chi connectivity index (χ1) is 6.15. The van der Waals surface area contributed by atoms with Crippen LogP contribution < -0.4 is 0 Å². The molecule has 0 saturated carbocycles. The van der Waals surface area contributed by atoms with Gasteiger partial charge in [0.25, 0.3) is 0 Å². The molecule has 0 radical (unpaired) electrons. The van der Waals surface area contributed by atoms with Gasteiger partial charge in [-0.2, -0.15) is 14.0 Å². The minimum Gasteiger partial charge on any atom is -0.200 e. The highest BCUT2D eigenvalue weighted by Gasteiger charge is 2.07. The molecule has 0 heterocycles. The Morgan fingerprint density at radius 3 is 2.00 bits per heavy atom. The summed E-state index contributed by atoms with van der Waals surface area (Å²) in [7, 11) is 0. The number of rotatable bonds is 1. The molecule has 66 valence electrons. The van der Waals surface area contributed by atoms with Crippen LogP contribution in [0, 0.1) is 11.3 Å². The third kappa shape index (κ3) is 2.09. The molecule has 4 heteroatoms. The largest absolute Gasteiger partial charge is 0.306 e. The van der Waals surface area contributed by atoms with Crippen LogP contribution in [0.5, 0.6) is 0 Å². The first kappa shape index (κ1) is 9.33. The summed E-state index contributed by atoms with van der Waals surface area (Å²) in [6.45, 7) is 0. The summed E-state index contributed by atoms with van der Waals surface area (Å²) in [5, 5.41) is 8.37. The van der Waals surface area contributed by atoms with Gasteiger partial charge in [0, 0.05) is 5.56 Å². The van der Waals surface area contributed by atoms with Crippen molar-refractivity contribution in [2.75, 3.05) is 0 Å². The van der Waals surface area contributed by atoms with Gasteiger partial charge in [0.15, 0.2) is 5.83 Å². The zero-order valence-electron chi connectivity index (χ0n) is 6.39. The van der Waals surface area contributed by atoms with Gasteiger partial charge in [0.05, 0.1) is 11.6 Å². The summed E-state index contributed by atoms with van der Waals surface area (Å²) in [6.07, 6.45) is -2.36. The van der Waals surface area contributed by atoms with Crippen LogP contribution in [0.1, 0.15) is 11.1 Å². The molecule has 0 unspecified atom stereocenters. The third-order valence-electron chi connectivity index (χ3n) is 1.43. The van der Waals surface area contributed by atoms with Gasteiger partial charge in [-0.05, 0) is 12.1 Å². The van der Waals surface area contributed by atoms with Gasteiger partial charge in [0.2, 0.25) is 0 Å². The summed E-state index contributed by atoms with van der Waals surface area (Å²) in [4.78, 5) is 0. The summed E-state index contributed by atoms with van der Waals surface area (Å²) in [5.74, 6) is -1.55. The fourth-order valence-electron chi connectivity index (χ4n) is 0.800. The lowest BCUT2D eigenvalue weighted by molar-refractivity contribution is 0.410. The second-order valence-corrected chi connectivity index (χ2v) is 2.26. The van der Waals surface area contributed by atoms with Crippen molar-refractivity contribution in [2.45, 2.75) is 0 Å². The molecular weight excluding hydrogens is 179 g/mol. The molecule has 0 amide bonds. The van der Waals surface area contributed by atoms with E-state index in [0.717, 1.165) is 12.1 Å². The predicted octanol–water partition coefficient (Wildman–Crippen LogP) is 3.09. The Labute approximate surface area is 72.7 Å². The second-order valence-electron chi connectivity index (χ2n) is 2.26. The molecule has 1 nitrogen and oxygen atoms in total. The van der Waals surface area contributed by atoms with E-state index in [1.807, 2.05) is 0 Å². The van der Waals surface area contributed by atoms with Crippen molar-refractivity contribution in [2.24, 2.45) is 0 Å². The monoisotopic (exact) mass is 183 g/mol. The fraction of sp³-hybridized carbons (Fsp3) is 0. The van der Waals surface area contributed by atoms with E-state index < -0.39 is 11.9 Å². The van der Waals surface area contributed by atoms with E-state index in [1.165, 1.54) is 12.1 Å². The fourth-order valence-corrected chi connectivity index (χ4v) is 0.800. The Balaban J connectivity index is 3.08. The number of hydrogen-bond donors (Lipinski definition) is 0. The number of nitriles is 1. The minimum atomic E-state index is -2.36. The Hall–Kier alpha value is -1.76. The van der Waals surface area contributed by atoms with Crippen molar-refractivity contribution in [1.82, 2.24) is 0 Å². The topological polar surface area (TPSA) is 23.8 Å². The van der Waals surface area contributed by atoms with E-state index in [1.54, 1.807) is 6.07 Å². The molecule has 1 aromatic rings. The Kier molecular flexibility index (Phi) is 2.70. The second kappa shape index (κ2) is 3.76. The molecule has 1 rings (SSSR count).